The highest BCUT2D eigenvalue weighted by atomic mass is 32.2. The third-order valence-electron chi connectivity index (χ3n) is 4.97. The largest absolute Gasteiger partial charge is 0.121 e. The maximum atomic E-state index is 3.86. The molecule has 0 amide bonds. The monoisotopic (exact) mass is 424 g/mol. The van der Waals surface area contributed by atoms with E-state index in [2.05, 4.69) is 98.1 Å². The highest BCUT2D eigenvalue weighted by molar-refractivity contribution is 7.98. The minimum absolute atomic E-state index is 0.963. The molecule has 0 aromatic heterocycles. The molecule has 0 unspecified atom stereocenters. The van der Waals surface area contributed by atoms with Crippen LogP contribution in [0.5, 0.6) is 0 Å². The van der Waals surface area contributed by atoms with Crippen molar-refractivity contribution in [2.45, 2.75) is 21.3 Å². The maximum Gasteiger partial charge on any atom is 0.0232 e. The number of thioether (sulfide) groups is 2. The molecule has 0 radical (unpaired) electrons. The average molecular weight is 425 g/mol. The Kier molecular flexibility index (Phi) is 6.78. The van der Waals surface area contributed by atoms with Crippen LogP contribution in [-0.2, 0) is 11.5 Å². The van der Waals surface area contributed by atoms with Crippen LogP contribution >= 0.6 is 23.5 Å². The molecular formula is C28H24S2. The predicted molar refractivity (Wildman–Crippen MR) is 136 cm³/mol. The fraction of sp³-hybridized carbons (Fsp3) is 0.0714. The number of hydrogen-bond donors (Lipinski definition) is 0. The summed E-state index contributed by atoms with van der Waals surface area (Å²) < 4.78 is 0. The van der Waals surface area contributed by atoms with Gasteiger partial charge in [-0.15, -0.1) is 23.5 Å². The number of fused-ring (bicyclic) bond motifs is 1. The molecule has 0 fully saturated rings. The van der Waals surface area contributed by atoms with Crippen molar-refractivity contribution in [1.29, 1.82) is 0 Å². The lowest BCUT2D eigenvalue weighted by molar-refractivity contribution is 1.37. The molecule has 2 heteroatoms. The molecule has 0 aliphatic heterocycles. The van der Waals surface area contributed by atoms with Crippen molar-refractivity contribution in [3.63, 3.8) is 0 Å². The number of hydrogen-bond acceptors (Lipinski definition) is 2. The summed E-state index contributed by atoms with van der Waals surface area (Å²) in [4.78, 5) is 2.60. The minimum Gasteiger partial charge on any atom is -0.121 e. The van der Waals surface area contributed by atoms with E-state index in [4.69, 9.17) is 0 Å². The van der Waals surface area contributed by atoms with E-state index >= 15 is 0 Å². The van der Waals surface area contributed by atoms with Crippen LogP contribution in [0.4, 0.5) is 0 Å². The molecule has 148 valence electrons. The molecule has 4 aromatic rings. The molecule has 0 bridgehead atoms. The van der Waals surface area contributed by atoms with Crippen LogP contribution in [0, 0.1) is 0 Å². The van der Waals surface area contributed by atoms with E-state index in [1.54, 1.807) is 0 Å². The van der Waals surface area contributed by atoms with E-state index in [0.717, 1.165) is 11.5 Å². The standard InChI is InChI=1S/C28H24S2/c1-3-21-7-5-9-23(15-21)19-29-27-13-11-26-18-28(14-12-25(26)17-27)30-20-24-10-6-8-22(4-2)16-24/h3-18H,1-2,19-20H2. The maximum absolute atomic E-state index is 3.86. The summed E-state index contributed by atoms with van der Waals surface area (Å²) in [5, 5.41) is 2.58. The molecule has 0 atom stereocenters. The number of benzene rings is 4. The fourth-order valence-electron chi connectivity index (χ4n) is 3.33. The van der Waals surface area contributed by atoms with Crippen molar-refractivity contribution < 1.29 is 0 Å². The second-order valence-corrected chi connectivity index (χ2v) is 9.24. The van der Waals surface area contributed by atoms with Gasteiger partial charge >= 0.3 is 0 Å². The van der Waals surface area contributed by atoms with Crippen LogP contribution in [-0.4, -0.2) is 0 Å². The lowest BCUT2D eigenvalue weighted by Gasteiger charge is -2.07. The average Bonchev–Trinajstić information content (AvgIpc) is 2.81. The van der Waals surface area contributed by atoms with Gasteiger partial charge in [0.1, 0.15) is 0 Å². The van der Waals surface area contributed by atoms with Gasteiger partial charge in [-0.1, -0.05) is 86.0 Å². The molecule has 0 spiro atoms. The van der Waals surface area contributed by atoms with Crippen LogP contribution < -0.4 is 0 Å². The van der Waals surface area contributed by atoms with Gasteiger partial charge in [-0.3, -0.25) is 0 Å². The van der Waals surface area contributed by atoms with Gasteiger partial charge in [0, 0.05) is 21.3 Å². The molecule has 0 N–H and O–H groups in total. The van der Waals surface area contributed by atoms with E-state index in [1.165, 1.54) is 42.8 Å². The smallest absolute Gasteiger partial charge is 0.0232 e. The molecule has 0 heterocycles. The molecule has 4 aromatic carbocycles. The quantitative estimate of drug-likeness (QED) is 0.259. The normalized spacial score (nSPS) is 10.8. The van der Waals surface area contributed by atoms with E-state index in [1.807, 2.05) is 35.7 Å². The molecule has 30 heavy (non-hydrogen) atoms. The third kappa shape index (κ3) is 5.27. The molecular weight excluding hydrogens is 400 g/mol. The zero-order valence-electron chi connectivity index (χ0n) is 16.9. The van der Waals surface area contributed by atoms with E-state index in [-0.39, 0.29) is 0 Å². The summed E-state index contributed by atoms with van der Waals surface area (Å²) in [6.07, 6.45) is 3.80. The Bertz CT molecular complexity index is 1100. The minimum atomic E-state index is 0.963. The van der Waals surface area contributed by atoms with Crippen LogP contribution in [0.1, 0.15) is 22.3 Å². The van der Waals surface area contributed by atoms with Crippen LogP contribution in [0.3, 0.4) is 0 Å². The SMILES string of the molecule is C=Cc1cccc(CSc2ccc3cc(SCc4cccc(C=C)c4)ccc3c2)c1. The molecule has 0 aliphatic carbocycles. The molecule has 0 aliphatic rings. The van der Waals surface area contributed by atoms with E-state index in [9.17, 15) is 0 Å². The van der Waals surface area contributed by atoms with Crippen LogP contribution in [0.2, 0.25) is 0 Å². The molecule has 4 rings (SSSR count). The lowest BCUT2D eigenvalue weighted by atomic mass is 10.1. The Labute approximate surface area is 187 Å². The molecule has 0 saturated carbocycles. The topological polar surface area (TPSA) is 0 Å². The first kappa shape index (κ1) is 20.6. The van der Waals surface area contributed by atoms with Crippen molar-refractivity contribution in [3.8, 4) is 0 Å². The summed E-state index contributed by atoms with van der Waals surface area (Å²) >= 11 is 3.75. The van der Waals surface area contributed by atoms with E-state index < -0.39 is 0 Å². The van der Waals surface area contributed by atoms with Crippen molar-refractivity contribution in [3.05, 3.63) is 120 Å². The number of rotatable bonds is 8. The summed E-state index contributed by atoms with van der Waals surface area (Å²) in [5.41, 5.74) is 5.00. The summed E-state index contributed by atoms with van der Waals surface area (Å²) in [6, 6.07) is 30.6. The van der Waals surface area contributed by atoms with Crippen molar-refractivity contribution >= 4 is 46.4 Å². The molecule has 0 saturated heterocycles. The zero-order chi connectivity index (χ0) is 20.8. The Hall–Kier alpha value is -2.68. The van der Waals surface area contributed by atoms with Crippen molar-refractivity contribution in [2.24, 2.45) is 0 Å². The van der Waals surface area contributed by atoms with Gasteiger partial charge in [0.25, 0.3) is 0 Å². The van der Waals surface area contributed by atoms with Gasteiger partial charge < -0.3 is 0 Å². The van der Waals surface area contributed by atoms with Gasteiger partial charge in [-0.2, -0.15) is 0 Å². The van der Waals surface area contributed by atoms with Gasteiger partial charge in [0.05, 0.1) is 0 Å². The Morgan fingerprint density at radius 1 is 0.567 bits per heavy atom. The zero-order valence-corrected chi connectivity index (χ0v) is 18.5. The second-order valence-electron chi connectivity index (χ2n) is 7.15. The first-order valence-electron chi connectivity index (χ1n) is 9.96. The van der Waals surface area contributed by atoms with Crippen LogP contribution in [0.15, 0.2) is 108 Å². The van der Waals surface area contributed by atoms with Crippen LogP contribution in [0.25, 0.3) is 22.9 Å². The predicted octanol–water partition coefficient (Wildman–Crippen LogP) is 8.71. The van der Waals surface area contributed by atoms with Gasteiger partial charge in [-0.05, 0) is 57.3 Å². The van der Waals surface area contributed by atoms with Gasteiger partial charge in [0.2, 0.25) is 0 Å². The van der Waals surface area contributed by atoms with E-state index in [0.29, 0.717) is 0 Å². The Morgan fingerprint density at radius 3 is 1.47 bits per heavy atom. The van der Waals surface area contributed by atoms with Crippen molar-refractivity contribution in [2.75, 3.05) is 0 Å². The van der Waals surface area contributed by atoms with Crippen molar-refractivity contribution in [1.82, 2.24) is 0 Å². The Balaban J connectivity index is 1.42. The second kappa shape index (κ2) is 9.88. The summed E-state index contributed by atoms with van der Waals surface area (Å²) in [7, 11) is 0. The van der Waals surface area contributed by atoms with Gasteiger partial charge in [0.15, 0.2) is 0 Å². The molecule has 0 nitrogen and oxygen atoms in total. The lowest BCUT2D eigenvalue weighted by Crippen LogP contribution is -1.84. The Morgan fingerprint density at radius 2 is 1.03 bits per heavy atom. The summed E-state index contributed by atoms with van der Waals surface area (Å²) in [6.45, 7) is 7.71. The first-order chi connectivity index (χ1) is 14.7. The fourth-order valence-corrected chi connectivity index (χ4v) is 5.11. The highest BCUT2D eigenvalue weighted by Gasteiger charge is 2.03. The third-order valence-corrected chi connectivity index (χ3v) is 7.10. The summed E-state index contributed by atoms with van der Waals surface area (Å²) in [5.74, 6) is 1.93. The first-order valence-corrected chi connectivity index (χ1v) is 11.9. The highest BCUT2D eigenvalue weighted by Crippen LogP contribution is 2.30. The van der Waals surface area contributed by atoms with Gasteiger partial charge in [-0.25, -0.2) is 0 Å².